The number of hydrogen-bond acceptors (Lipinski definition) is 7. The van der Waals surface area contributed by atoms with E-state index >= 15 is 0 Å². The Morgan fingerprint density at radius 1 is 1.05 bits per heavy atom. The molecule has 10 nitrogen and oxygen atoms in total. The topological polar surface area (TPSA) is 146 Å². The number of hydrogen-bond donors (Lipinski definition) is 4. The Morgan fingerprint density at radius 3 is 2.53 bits per heavy atom. The van der Waals surface area contributed by atoms with Gasteiger partial charge in [0.15, 0.2) is 5.96 Å². The molecule has 38 heavy (non-hydrogen) atoms. The Morgan fingerprint density at radius 2 is 1.82 bits per heavy atom. The standard InChI is InChI=1S/C27H30N4O6S/c32-25(30-27-28-14-4-15-29-27)7-3-16-37-22-11-8-19(9-12-22)17-24(26(33)34)31-38(35,36)23-13-10-20-5-1-2-6-21(20)18-23/h1-2,5-6,8-13,18,24,31H,3-4,7,14-17H2,(H,33,34)(H2,28,29,30,32)/t24-/m0/s1. The maximum atomic E-state index is 12.9. The average Bonchev–Trinajstić information content (AvgIpc) is 2.91. The van der Waals surface area contributed by atoms with Crippen LogP contribution in [0.3, 0.4) is 0 Å². The maximum Gasteiger partial charge on any atom is 0.322 e. The molecule has 1 aliphatic rings. The van der Waals surface area contributed by atoms with Crippen LogP contribution in [0.15, 0.2) is 76.6 Å². The number of nitrogens with zero attached hydrogens (tertiary/aromatic N) is 1. The van der Waals surface area contributed by atoms with Crippen molar-refractivity contribution in [1.29, 1.82) is 0 Å². The van der Waals surface area contributed by atoms with Crippen LogP contribution in [0.4, 0.5) is 0 Å². The second-order valence-corrected chi connectivity index (χ2v) is 10.6. The van der Waals surface area contributed by atoms with Gasteiger partial charge in [-0.1, -0.05) is 42.5 Å². The first-order valence-corrected chi connectivity index (χ1v) is 13.8. The molecule has 0 aromatic heterocycles. The SMILES string of the molecule is O=C(CCCOc1ccc(C[C@H](NS(=O)(=O)c2ccc3ccccc3c2)C(=O)O)cc1)NC1=NCCCN1. The largest absolute Gasteiger partial charge is 0.494 e. The predicted molar refractivity (Wildman–Crippen MR) is 144 cm³/mol. The minimum atomic E-state index is -4.06. The highest BCUT2D eigenvalue weighted by molar-refractivity contribution is 7.89. The molecule has 0 spiro atoms. The van der Waals surface area contributed by atoms with Gasteiger partial charge in [-0.3, -0.25) is 19.9 Å². The molecule has 0 aliphatic carbocycles. The van der Waals surface area contributed by atoms with Gasteiger partial charge in [-0.25, -0.2) is 8.42 Å². The van der Waals surface area contributed by atoms with E-state index in [0.29, 0.717) is 36.8 Å². The second kappa shape index (κ2) is 12.5. The number of rotatable bonds is 11. The summed E-state index contributed by atoms with van der Waals surface area (Å²) < 4.78 is 33.8. The van der Waals surface area contributed by atoms with Crippen LogP contribution in [0.2, 0.25) is 0 Å². The van der Waals surface area contributed by atoms with E-state index in [9.17, 15) is 23.1 Å². The van der Waals surface area contributed by atoms with E-state index in [-0.39, 0.29) is 23.6 Å². The van der Waals surface area contributed by atoms with Gasteiger partial charge in [-0.15, -0.1) is 0 Å². The minimum Gasteiger partial charge on any atom is -0.494 e. The third-order valence-electron chi connectivity index (χ3n) is 5.96. The molecule has 0 saturated heterocycles. The zero-order chi connectivity index (χ0) is 27.0. The molecular formula is C27H30N4O6S. The number of guanidine groups is 1. The monoisotopic (exact) mass is 538 g/mol. The Bertz CT molecular complexity index is 1420. The van der Waals surface area contributed by atoms with Crippen LogP contribution in [0.5, 0.6) is 5.75 Å². The van der Waals surface area contributed by atoms with Gasteiger partial charge in [0.1, 0.15) is 11.8 Å². The Hall–Kier alpha value is -3.96. The number of sulfonamides is 1. The van der Waals surface area contributed by atoms with Gasteiger partial charge in [0.2, 0.25) is 15.9 Å². The highest BCUT2D eigenvalue weighted by Crippen LogP contribution is 2.20. The molecule has 0 radical (unpaired) electrons. The Kier molecular flexibility index (Phi) is 8.93. The first-order chi connectivity index (χ1) is 18.3. The van der Waals surface area contributed by atoms with E-state index in [4.69, 9.17) is 4.74 Å². The summed E-state index contributed by atoms with van der Waals surface area (Å²) in [5.74, 6) is -0.335. The summed E-state index contributed by atoms with van der Waals surface area (Å²) in [5.41, 5.74) is 0.631. The van der Waals surface area contributed by atoms with Gasteiger partial charge < -0.3 is 15.2 Å². The van der Waals surface area contributed by atoms with Crippen molar-refractivity contribution in [3.8, 4) is 5.75 Å². The van der Waals surface area contributed by atoms with Crippen molar-refractivity contribution >= 4 is 38.6 Å². The molecule has 4 rings (SSSR count). The summed E-state index contributed by atoms with van der Waals surface area (Å²) in [5, 5.41) is 17.1. The molecule has 0 saturated carbocycles. The Balaban J connectivity index is 1.28. The number of carboxylic acids is 1. The average molecular weight is 539 g/mol. The van der Waals surface area contributed by atoms with Crippen LogP contribution in [-0.2, 0) is 26.0 Å². The molecule has 3 aromatic carbocycles. The molecule has 1 atom stereocenters. The van der Waals surface area contributed by atoms with Gasteiger partial charge >= 0.3 is 5.97 Å². The third kappa shape index (κ3) is 7.53. The first kappa shape index (κ1) is 27.1. The summed E-state index contributed by atoms with van der Waals surface area (Å²) in [6.45, 7) is 1.82. The van der Waals surface area contributed by atoms with E-state index in [1.807, 2.05) is 18.2 Å². The lowest BCUT2D eigenvalue weighted by Gasteiger charge is -2.16. The van der Waals surface area contributed by atoms with Crippen molar-refractivity contribution in [2.45, 2.75) is 36.6 Å². The summed E-state index contributed by atoms with van der Waals surface area (Å²) in [4.78, 5) is 28.0. The second-order valence-electron chi connectivity index (χ2n) is 8.88. The van der Waals surface area contributed by atoms with E-state index in [0.717, 1.165) is 23.7 Å². The first-order valence-electron chi connectivity index (χ1n) is 12.3. The molecular weight excluding hydrogens is 508 g/mol. The van der Waals surface area contributed by atoms with Gasteiger partial charge in [0, 0.05) is 19.5 Å². The summed E-state index contributed by atoms with van der Waals surface area (Å²) in [7, 11) is -4.06. The number of aliphatic imine (C=N–C) groups is 1. The molecule has 1 aliphatic heterocycles. The number of carbonyl (C=O) groups excluding carboxylic acids is 1. The quantitative estimate of drug-likeness (QED) is 0.274. The van der Waals surface area contributed by atoms with Crippen molar-refractivity contribution < 1.29 is 27.9 Å². The number of fused-ring (bicyclic) bond motifs is 1. The van der Waals surface area contributed by atoms with Crippen LogP contribution in [0.25, 0.3) is 10.8 Å². The zero-order valence-corrected chi connectivity index (χ0v) is 21.5. The summed E-state index contributed by atoms with van der Waals surface area (Å²) >= 11 is 0. The molecule has 11 heteroatoms. The molecule has 3 aromatic rings. The smallest absolute Gasteiger partial charge is 0.322 e. The highest BCUT2D eigenvalue weighted by atomic mass is 32.2. The van der Waals surface area contributed by atoms with Crippen molar-refractivity contribution in [3.63, 3.8) is 0 Å². The van der Waals surface area contributed by atoms with Crippen molar-refractivity contribution in [2.24, 2.45) is 4.99 Å². The zero-order valence-electron chi connectivity index (χ0n) is 20.7. The van der Waals surface area contributed by atoms with E-state index < -0.39 is 22.0 Å². The fourth-order valence-corrected chi connectivity index (χ4v) is 5.18. The number of benzene rings is 3. The number of nitrogens with one attached hydrogen (secondary N) is 3. The van der Waals surface area contributed by atoms with Crippen molar-refractivity contribution in [2.75, 3.05) is 19.7 Å². The van der Waals surface area contributed by atoms with Crippen LogP contribution < -0.4 is 20.1 Å². The van der Waals surface area contributed by atoms with Gasteiger partial charge in [0.25, 0.3) is 0 Å². The van der Waals surface area contributed by atoms with Gasteiger partial charge in [0.05, 0.1) is 11.5 Å². The molecule has 4 N–H and O–H groups in total. The molecule has 200 valence electrons. The van der Waals surface area contributed by atoms with Crippen LogP contribution in [-0.4, -0.2) is 57.1 Å². The van der Waals surface area contributed by atoms with Crippen LogP contribution >= 0.6 is 0 Å². The fraction of sp³-hybridized carbons (Fsp3) is 0.296. The van der Waals surface area contributed by atoms with E-state index in [1.165, 1.54) is 12.1 Å². The number of amides is 1. The predicted octanol–water partition coefficient (Wildman–Crippen LogP) is 2.44. The van der Waals surface area contributed by atoms with E-state index in [2.05, 4.69) is 20.3 Å². The van der Waals surface area contributed by atoms with Gasteiger partial charge in [-0.05, 0) is 59.9 Å². The molecule has 1 amide bonds. The fourth-order valence-electron chi connectivity index (χ4n) is 3.96. The number of aliphatic carboxylic acids is 1. The Labute approximate surface area is 221 Å². The minimum absolute atomic E-state index is 0.00266. The number of carbonyl (C=O) groups is 2. The third-order valence-corrected chi connectivity index (χ3v) is 7.43. The van der Waals surface area contributed by atoms with Gasteiger partial charge in [-0.2, -0.15) is 4.72 Å². The lowest BCUT2D eigenvalue weighted by Crippen LogP contribution is -2.43. The molecule has 0 unspecified atom stereocenters. The van der Waals surface area contributed by atoms with E-state index in [1.54, 1.807) is 36.4 Å². The van der Waals surface area contributed by atoms with Crippen LogP contribution in [0, 0.1) is 0 Å². The van der Waals surface area contributed by atoms with Crippen LogP contribution in [0.1, 0.15) is 24.8 Å². The van der Waals surface area contributed by atoms with Crippen molar-refractivity contribution in [1.82, 2.24) is 15.4 Å². The maximum absolute atomic E-state index is 12.9. The summed E-state index contributed by atoms with van der Waals surface area (Å²) in [6, 6.07) is 17.4. The highest BCUT2D eigenvalue weighted by Gasteiger charge is 2.26. The number of carboxylic acid groups (broad SMARTS) is 1. The molecule has 0 bridgehead atoms. The normalized spacial score (nSPS) is 14.3. The lowest BCUT2D eigenvalue weighted by atomic mass is 10.1. The molecule has 1 heterocycles. The lowest BCUT2D eigenvalue weighted by molar-refractivity contribution is -0.139. The number of ether oxygens (including phenoxy) is 1. The summed E-state index contributed by atoms with van der Waals surface area (Å²) in [6.07, 6.45) is 1.71. The van der Waals surface area contributed by atoms with Crippen molar-refractivity contribution in [3.05, 3.63) is 72.3 Å². The molecule has 0 fully saturated rings.